The fourth-order valence-corrected chi connectivity index (χ4v) is 3.34. The summed E-state index contributed by atoms with van der Waals surface area (Å²) >= 11 is 2.06. The van der Waals surface area contributed by atoms with E-state index in [0.717, 1.165) is 26.2 Å². The molecule has 3 nitrogen and oxygen atoms in total. The third kappa shape index (κ3) is 5.16. The third-order valence-corrected chi connectivity index (χ3v) is 4.99. The Balaban J connectivity index is 1.66. The smallest absolute Gasteiger partial charge is 0.0791 e. The fourth-order valence-electron chi connectivity index (χ4n) is 2.20. The number of nitrogens with zero attached hydrogens (tertiary/aromatic N) is 1. The number of aliphatic hydroxyl groups excluding tert-OH is 1. The van der Waals surface area contributed by atoms with Crippen LogP contribution in [-0.2, 0) is 0 Å². The zero-order valence-corrected chi connectivity index (χ0v) is 11.9. The van der Waals surface area contributed by atoms with Crippen LogP contribution in [0.2, 0.25) is 0 Å². The van der Waals surface area contributed by atoms with Gasteiger partial charge in [-0.15, -0.1) is 0 Å². The second-order valence-electron chi connectivity index (χ2n) is 6.00. The van der Waals surface area contributed by atoms with Gasteiger partial charge >= 0.3 is 0 Å². The molecule has 0 bridgehead atoms. The molecule has 2 rings (SSSR count). The Morgan fingerprint density at radius 1 is 1.41 bits per heavy atom. The van der Waals surface area contributed by atoms with Gasteiger partial charge in [-0.3, -0.25) is 4.90 Å². The van der Waals surface area contributed by atoms with E-state index in [0.29, 0.717) is 10.8 Å². The molecule has 1 saturated carbocycles. The van der Waals surface area contributed by atoms with Gasteiger partial charge < -0.3 is 10.4 Å². The van der Waals surface area contributed by atoms with Crippen LogP contribution in [-0.4, -0.2) is 58.8 Å². The topological polar surface area (TPSA) is 35.5 Å². The predicted molar refractivity (Wildman–Crippen MR) is 74.6 cm³/mol. The van der Waals surface area contributed by atoms with Crippen molar-refractivity contribution in [2.24, 2.45) is 0 Å². The molecule has 1 heterocycles. The van der Waals surface area contributed by atoms with Gasteiger partial charge in [-0.05, 0) is 25.8 Å². The summed E-state index contributed by atoms with van der Waals surface area (Å²) in [6.07, 6.45) is 3.60. The van der Waals surface area contributed by atoms with Crippen molar-refractivity contribution < 1.29 is 5.11 Å². The van der Waals surface area contributed by atoms with Gasteiger partial charge in [0, 0.05) is 36.2 Å². The highest BCUT2D eigenvalue weighted by Crippen LogP contribution is 2.30. The van der Waals surface area contributed by atoms with Gasteiger partial charge in [0.05, 0.1) is 6.10 Å². The Kier molecular flexibility index (Phi) is 4.75. The first-order valence-electron chi connectivity index (χ1n) is 6.83. The molecule has 1 aliphatic heterocycles. The number of aliphatic hydroxyl groups is 1. The molecule has 17 heavy (non-hydrogen) atoms. The maximum Gasteiger partial charge on any atom is 0.0791 e. The van der Waals surface area contributed by atoms with E-state index in [-0.39, 0.29) is 6.10 Å². The lowest BCUT2D eigenvalue weighted by molar-refractivity contribution is 0.113. The summed E-state index contributed by atoms with van der Waals surface area (Å²) in [5, 5.41) is 13.4. The minimum absolute atomic E-state index is 0.207. The summed E-state index contributed by atoms with van der Waals surface area (Å²) in [4.78, 5) is 2.42. The van der Waals surface area contributed by atoms with E-state index in [1.807, 2.05) is 0 Å². The lowest BCUT2D eigenvalue weighted by Gasteiger charge is -2.24. The van der Waals surface area contributed by atoms with Crippen molar-refractivity contribution in [2.75, 3.05) is 31.9 Å². The number of β-amino-alcohol motifs (C(OH)–C–C–N with tert-alkyl or cyclic N) is 1. The normalized spacial score (nSPS) is 27.7. The molecule has 0 aromatic rings. The first kappa shape index (κ1) is 13.7. The van der Waals surface area contributed by atoms with Crippen molar-refractivity contribution in [2.45, 2.75) is 50.0 Å². The summed E-state index contributed by atoms with van der Waals surface area (Å²) in [5.74, 6) is 1.19. The van der Waals surface area contributed by atoms with Crippen LogP contribution in [0, 0.1) is 0 Å². The third-order valence-electron chi connectivity index (χ3n) is 3.62. The zero-order valence-electron chi connectivity index (χ0n) is 11.1. The Labute approximate surface area is 109 Å². The standard InChI is InChI=1S/C13H26N2OS/c1-13(2)5-6-15(7-8-17-13)10-12(16)9-14-11-3-4-11/h11-12,14,16H,3-10H2,1-2H3. The van der Waals surface area contributed by atoms with Crippen molar-refractivity contribution in [3.8, 4) is 0 Å². The number of hydrogen-bond donors (Lipinski definition) is 2. The molecular weight excluding hydrogens is 232 g/mol. The number of rotatable bonds is 5. The molecule has 1 unspecified atom stereocenters. The molecular formula is C13H26N2OS. The van der Waals surface area contributed by atoms with Gasteiger partial charge in [-0.2, -0.15) is 11.8 Å². The van der Waals surface area contributed by atoms with Crippen LogP contribution in [0.1, 0.15) is 33.1 Å². The van der Waals surface area contributed by atoms with Crippen LogP contribution in [0.25, 0.3) is 0 Å². The first-order chi connectivity index (χ1) is 8.05. The molecule has 0 aromatic heterocycles. The highest BCUT2D eigenvalue weighted by Gasteiger charge is 2.25. The Hall–Kier alpha value is 0.230. The maximum atomic E-state index is 9.99. The molecule has 1 saturated heterocycles. The molecule has 1 atom stereocenters. The fraction of sp³-hybridized carbons (Fsp3) is 1.00. The highest BCUT2D eigenvalue weighted by molar-refractivity contribution is 8.00. The number of nitrogens with one attached hydrogen (secondary N) is 1. The van der Waals surface area contributed by atoms with Crippen LogP contribution in [0.4, 0.5) is 0 Å². The number of hydrogen-bond acceptors (Lipinski definition) is 4. The van der Waals surface area contributed by atoms with E-state index in [1.165, 1.54) is 25.0 Å². The van der Waals surface area contributed by atoms with E-state index in [9.17, 15) is 5.11 Å². The van der Waals surface area contributed by atoms with Crippen LogP contribution in [0.15, 0.2) is 0 Å². The van der Waals surface area contributed by atoms with Crippen molar-refractivity contribution in [1.82, 2.24) is 10.2 Å². The summed E-state index contributed by atoms with van der Waals surface area (Å²) in [5.41, 5.74) is 0. The minimum Gasteiger partial charge on any atom is -0.390 e. The predicted octanol–water partition coefficient (Wildman–Crippen LogP) is 1.32. The molecule has 2 N–H and O–H groups in total. The summed E-state index contributed by atoms with van der Waals surface area (Å²) in [7, 11) is 0. The Morgan fingerprint density at radius 2 is 2.18 bits per heavy atom. The molecule has 100 valence electrons. The van der Waals surface area contributed by atoms with Crippen LogP contribution in [0.5, 0.6) is 0 Å². The van der Waals surface area contributed by atoms with Crippen LogP contribution in [0.3, 0.4) is 0 Å². The number of thioether (sulfide) groups is 1. The molecule has 0 spiro atoms. The first-order valence-corrected chi connectivity index (χ1v) is 7.81. The van der Waals surface area contributed by atoms with Gasteiger partial charge in [0.25, 0.3) is 0 Å². The van der Waals surface area contributed by atoms with E-state index in [1.54, 1.807) is 0 Å². The van der Waals surface area contributed by atoms with Gasteiger partial charge in [0.2, 0.25) is 0 Å². The van der Waals surface area contributed by atoms with E-state index < -0.39 is 0 Å². The molecule has 1 aliphatic carbocycles. The van der Waals surface area contributed by atoms with E-state index in [2.05, 4.69) is 35.8 Å². The second-order valence-corrected chi connectivity index (χ2v) is 7.80. The van der Waals surface area contributed by atoms with Crippen molar-refractivity contribution in [1.29, 1.82) is 0 Å². The molecule has 2 fully saturated rings. The van der Waals surface area contributed by atoms with Crippen LogP contribution >= 0.6 is 11.8 Å². The summed E-state index contributed by atoms with van der Waals surface area (Å²) in [6, 6.07) is 0.697. The monoisotopic (exact) mass is 258 g/mol. The molecule has 0 amide bonds. The summed E-state index contributed by atoms with van der Waals surface area (Å²) < 4.78 is 0.409. The van der Waals surface area contributed by atoms with Gasteiger partial charge in [-0.1, -0.05) is 13.8 Å². The minimum atomic E-state index is -0.207. The molecule has 4 heteroatoms. The lowest BCUT2D eigenvalue weighted by atomic mass is 10.1. The van der Waals surface area contributed by atoms with E-state index >= 15 is 0 Å². The molecule has 0 radical (unpaired) electrons. The molecule has 0 aromatic carbocycles. The average Bonchev–Trinajstić information content (AvgIpc) is 3.06. The average molecular weight is 258 g/mol. The van der Waals surface area contributed by atoms with Crippen molar-refractivity contribution >= 4 is 11.8 Å². The quantitative estimate of drug-likeness (QED) is 0.779. The van der Waals surface area contributed by atoms with Crippen molar-refractivity contribution in [3.63, 3.8) is 0 Å². The second kappa shape index (κ2) is 5.91. The van der Waals surface area contributed by atoms with Crippen LogP contribution < -0.4 is 5.32 Å². The van der Waals surface area contributed by atoms with Crippen molar-refractivity contribution in [3.05, 3.63) is 0 Å². The highest BCUT2D eigenvalue weighted by atomic mass is 32.2. The van der Waals surface area contributed by atoms with Gasteiger partial charge in [0.15, 0.2) is 0 Å². The lowest BCUT2D eigenvalue weighted by Crippen LogP contribution is -2.40. The van der Waals surface area contributed by atoms with Gasteiger partial charge in [-0.25, -0.2) is 0 Å². The largest absolute Gasteiger partial charge is 0.390 e. The van der Waals surface area contributed by atoms with E-state index in [4.69, 9.17) is 0 Å². The zero-order chi connectivity index (χ0) is 12.3. The van der Waals surface area contributed by atoms with Gasteiger partial charge in [0.1, 0.15) is 0 Å². The summed E-state index contributed by atoms with van der Waals surface area (Å²) in [6.45, 7) is 8.49. The molecule has 2 aliphatic rings. The SMILES string of the molecule is CC1(C)CCN(CC(O)CNC2CC2)CCS1. The Bertz CT molecular complexity index is 244. The Morgan fingerprint density at radius 3 is 2.88 bits per heavy atom. The maximum absolute atomic E-state index is 9.99.